The molecule has 0 aliphatic carbocycles. The molecule has 1 rings (SSSR count). The van der Waals surface area contributed by atoms with Gasteiger partial charge in [0.2, 0.25) is 0 Å². The fourth-order valence-corrected chi connectivity index (χ4v) is 0.938. The van der Waals surface area contributed by atoms with Crippen molar-refractivity contribution in [3.63, 3.8) is 0 Å². The van der Waals surface area contributed by atoms with Gasteiger partial charge in [-0.25, -0.2) is 9.18 Å². The van der Waals surface area contributed by atoms with Gasteiger partial charge >= 0.3 is 5.97 Å². The molecule has 0 heterocycles. The highest BCUT2D eigenvalue weighted by atomic mass is 35.5. The monoisotopic (exact) mass is 230 g/mol. The largest absolute Gasteiger partial charge is 0.465 e. The van der Waals surface area contributed by atoms with Crippen LogP contribution in [0.4, 0.5) is 10.1 Å². The summed E-state index contributed by atoms with van der Waals surface area (Å²) in [7, 11) is 1.23. The summed E-state index contributed by atoms with van der Waals surface area (Å²) in [5.74, 6) is -0.997. The molecule has 4 nitrogen and oxygen atoms in total. The van der Waals surface area contributed by atoms with Crippen LogP contribution < -0.4 is 4.53 Å². The second-order valence-electron chi connectivity index (χ2n) is 2.50. The molecule has 0 amide bonds. The molecule has 0 aliphatic heterocycles. The summed E-state index contributed by atoms with van der Waals surface area (Å²) < 4.78 is 17.8. The van der Waals surface area contributed by atoms with E-state index in [-0.39, 0.29) is 5.82 Å². The number of rotatable bonds is 3. The van der Waals surface area contributed by atoms with Gasteiger partial charge in [-0.05, 0) is 24.3 Å². The molecule has 0 saturated carbocycles. The van der Waals surface area contributed by atoms with Gasteiger partial charge in [-0.15, -0.1) is 0 Å². The maximum absolute atomic E-state index is 12.5. The third-order valence-corrected chi connectivity index (χ3v) is 1.79. The second kappa shape index (κ2) is 5.31. The maximum Gasteiger partial charge on any atom is 0.351 e. The fourth-order valence-electron chi connectivity index (χ4n) is 0.781. The first-order chi connectivity index (χ1) is 7.13. The van der Waals surface area contributed by atoms with Crippen molar-refractivity contribution in [2.45, 2.75) is 0 Å². The van der Waals surface area contributed by atoms with Gasteiger partial charge in [-0.1, -0.05) is 0 Å². The summed E-state index contributed by atoms with van der Waals surface area (Å²) in [6.45, 7) is 0. The van der Waals surface area contributed by atoms with E-state index >= 15 is 0 Å². The molecule has 0 atom stereocenters. The lowest BCUT2D eigenvalue weighted by atomic mass is 10.3. The van der Waals surface area contributed by atoms with Gasteiger partial charge in [0, 0.05) is 11.8 Å². The van der Waals surface area contributed by atoms with Crippen molar-refractivity contribution in [1.82, 2.24) is 0 Å². The van der Waals surface area contributed by atoms with Crippen LogP contribution in [0.5, 0.6) is 0 Å². The second-order valence-corrected chi connectivity index (χ2v) is 2.82. The van der Waals surface area contributed by atoms with Gasteiger partial charge in [0.25, 0.3) is 0 Å². The van der Waals surface area contributed by atoms with Crippen LogP contribution in [0.25, 0.3) is 0 Å². The summed E-state index contributed by atoms with van der Waals surface area (Å²) in [4.78, 5) is 10.7. The van der Waals surface area contributed by atoms with Crippen molar-refractivity contribution in [2.75, 3.05) is 11.6 Å². The lowest BCUT2D eigenvalue weighted by Crippen LogP contribution is -2.07. The Morgan fingerprint density at radius 2 is 2.13 bits per heavy atom. The zero-order chi connectivity index (χ0) is 11.3. The molecular formula is C9H8ClFN2O2. The Kier molecular flexibility index (Phi) is 4.05. The topological polar surface area (TPSA) is 41.9 Å². The smallest absolute Gasteiger partial charge is 0.351 e. The number of hydrogen-bond acceptors (Lipinski definition) is 4. The Morgan fingerprint density at radius 3 is 2.67 bits per heavy atom. The van der Waals surface area contributed by atoms with E-state index in [1.165, 1.54) is 31.4 Å². The third-order valence-electron chi connectivity index (χ3n) is 1.51. The molecule has 0 fully saturated rings. The van der Waals surface area contributed by atoms with E-state index in [1.807, 2.05) is 0 Å². The Balaban J connectivity index is 2.68. The average molecular weight is 231 g/mol. The maximum atomic E-state index is 12.5. The van der Waals surface area contributed by atoms with Crippen LogP contribution in [0.2, 0.25) is 0 Å². The number of esters is 1. The van der Waals surface area contributed by atoms with Crippen molar-refractivity contribution in [1.29, 1.82) is 0 Å². The van der Waals surface area contributed by atoms with Crippen molar-refractivity contribution in [2.24, 2.45) is 5.10 Å². The Bertz CT molecular complexity index is 367. The molecule has 6 heteroatoms. The van der Waals surface area contributed by atoms with Gasteiger partial charge in [0.1, 0.15) is 12.0 Å². The van der Waals surface area contributed by atoms with Crippen LogP contribution in [0.1, 0.15) is 0 Å². The van der Waals surface area contributed by atoms with E-state index in [1.54, 1.807) is 0 Å². The van der Waals surface area contributed by atoms with Crippen LogP contribution in [-0.2, 0) is 9.53 Å². The predicted molar refractivity (Wildman–Crippen MR) is 55.2 cm³/mol. The quantitative estimate of drug-likeness (QED) is 0.345. The Hall–Kier alpha value is -1.62. The molecule has 1 aromatic carbocycles. The fraction of sp³-hybridized carbons (Fsp3) is 0.111. The highest BCUT2D eigenvalue weighted by Crippen LogP contribution is 2.16. The molecule has 0 unspecified atom stereocenters. The van der Waals surface area contributed by atoms with E-state index in [4.69, 9.17) is 11.8 Å². The number of methoxy groups -OCH3 is 1. The molecule has 15 heavy (non-hydrogen) atoms. The number of carbonyl (C=O) groups excluding carboxylic acids is 1. The predicted octanol–water partition coefficient (Wildman–Crippen LogP) is 1.94. The number of hydrogen-bond donors (Lipinski definition) is 0. The first-order valence-electron chi connectivity index (χ1n) is 3.97. The highest BCUT2D eigenvalue weighted by molar-refractivity contribution is 6.28. The lowest BCUT2D eigenvalue weighted by Gasteiger charge is -2.07. The summed E-state index contributed by atoms with van der Waals surface area (Å²) in [6.07, 6.45) is 0.913. The van der Waals surface area contributed by atoms with Crippen LogP contribution in [-0.4, -0.2) is 19.3 Å². The molecule has 0 bridgehead atoms. The summed E-state index contributed by atoms with van der Waals surface area (Å²) in [5.41, 5.74) is 0.443. The van der Waals surface area contributed by atoms with Gasteiger partial charge in [0.05, 0.1) is 12.8 Å². The zero-order valence-electron chi connectivity index (χ0n) is 7.85. The van der Waals surface area contributed by atoms with Crippen LogP contribution in [0.3, 0.4) is 0 Å². The first-order valence-corrected chi connectivity index (χ1v) is 4.30. The molecule has 0 radical (unpaired) electrons. The number of ether oxygens (including phenoxy) is 1. The average Bonchev–Trinajstić information content (AvgIpc) is 2.26. The summed E-state index contributed by atoms with van der Waals surface area (Å²) in [5, 5.41) is 3.57. The molecule has 0 N–H and O–H groups in total. The van der Waals surface area contributed by atoms with Crippen LogP contribution >= 0.6 is 11.8 Å². The lowest BCUT2D eigenvalue weighted by molar-refractivity contribution is -0.132. The summed E-state index contributed by atoms with van der Waals surface area (Å²) >= 11 is 5.66. The molecule has 0 aromatic heterocycles. The number of anilines is 1. The van der Waals surface area contributed by atoms with Crippen LogP contribution in [0.15, 0.2) is 29.4 Å². The van der Waals surface area contributed by atoms with Crippen molar-refractivity contribution in [3.05, 3.63) is 30.1 Å². The van der Waals surface area contributed by atoms with E-state index < -0.39 is 5.97 Å². The molecular weight excluding hydrogens is 223 g/mol. The molecule has 80 valence electrons. The van der Waals surface area contributed by atoms with Gasteiger partial charge < -0.3 is 4.74 Å². The number of benzene rings is 1. The minimum absolute atomic E-state index is 0.374. The number of halogens is 2. The van der Waals surface area contributed by atoms with Crippen LogP contribution in [0, 0.1) is 5.82 Å². The van der Waals surface area contributed by atoms with E-state index in [9.17, 15) is 9.18 Å². The van der Waals surface area contributed by atoms with Gasteiger partial charge in [-0.3, -0.25) is 0 Å². The number of carbonyl (C=O) groups is 1. The van der Waals surface area contributed by atoms with Crippen molar-refractivity contribution < 1.29 is 13.9 Å². The van der Waals surface area contributed by atoms with E-state index in [0.29, 0.717) is 5.69 Å². The molecule has 1 aromatic rings. The number of hydrazone groups is 1. The number of nitrogens with zero attached hydrogens (tertiary/aromatic N) is 2. The Morgan fingerprint density at radius 1 is 1.53 bits per heavy atom. The van der Waals surface area contributed by atoms with Crippen molar-refractivity contribution >= 4 is 29.6 Å². The Labute approximate surface area is 91.0 Å². The first kappa shape index (κ1) is 11.5. The van der Waals surface area contributed by atoms with E-state index in [2.05, 4.69) is 9.84 Å². The summed E-state index contributed by atoms with van der Waals surface area (Å²) in [6, 6.07) is 5.32. The minimum Gasteiger partial charge on any atom is -0.465 e. The SMILES string of the molecule is COC(=O)/C=N\N(Cl)c1ccc(F)cc1. The zero-order valence-corrected chi connectivity index (χ0v) is 8.61. The van der Waals surface area contributed by atoms with E-state index in [0.717, 1.165) is 10.7 Å². The van der Waals surface area contributed by atoms with Crippen molar-refractivity contribution in [3.8, 4) is 0 Å². The minimum atomic E-state index is -0.622. The molecule has 0 aliphatic rings. The standard InChI is InChI=1S/C9H8ClFN2O2/c1-15-9(14)6-12-13(10)8-4-2-7(11)3-5-8/h2-6H,1H3/b12-6-. The highest BCUT2D eigenvalue weighted by Gasteiger charge is 2.01. The van der Waals surface area contributed by atoms with Gasteiger partial charge in [-0.2, -0.15) is 9.63 Å². The third kappa shape index (κ3) is 3.55. The molecule has 0 spiro atoms. The normalized spacial score (nSPS) is 10.3. The van der Waals surface area contributed by atoms with Gasteiger partial charge in [0.15, 0.2) is 0 Å². The molecule has 0 saturated heterocycles.